The van der Waals surface area contributed by atoms with E-state index in [0.29, 0.717) is 12.1 Å². The molecule has 0 bridgehead atoms. The number of nitrogens with one attached hydrogen (secondary N) is 1. The molecular weight excluding hydrogens is 192 g/mol. The minimum atomic E-state index is -0.276. The first-order chi connectivity index (χ1) is 6.94. The van der Waals surface area contributed by atoms with Gasteiger partial charge in [-0.25, -0.2) is 0 Å². The quantitative estimate of drug-likeness (QED) is 0.749. The number of hydrogen-bond acceptors (Lipinski definition) is 3. The molecule has 5 nitrogen and oxygen atoms in total. The van der Waals surface area contributed by atoms with Crippen LogP contribution in [0.15, 0.2) is 12.4 Å². The van der Waals surface area contributed by atoms with E-state index in [1.54, 1.807) is 24.1 Å². The number of amides is 1. The number of aromatic nitrogens is 2. The van der Waals surface area contributed by atoms with Gasteiger partial charge in [-0.1, -0.05) is 0 Å². The molecule has 0 saturated carbocycles. The molecule has 1 heterocycles. The van der Waals surface area contributed by atoms with E-state index in [1.807, 2.05) is 13.8 Å². The molecule has 1 aromatic heterocycles. The van der Waals surface area contributed by atoms with Crippen LogP contribution >= 0.6 is 0 Å². The summed E-state index contributed by atoms with van der Waals surface area (Å²) in [7, 11) is 1.78. The lowest BCUT2D eigenvalue weighted by molar-refractivity contribution is 0.0910. The average molecular weight is 210 g/mol. The van der Waals surface area contributed by atoms with E-state index in [4.69, 9.17) is 5.73 Å². The molecule has 84 valence electrons. The first-order valence-electron chi connectivity index (χ1n) is 4.96. The second kappa shape index (κ2) is 4.44. The van der Waals surface area contributed by atoms with Crippen molar-refractivity contribution in [1.82, 2.24) is 15.1 Å². The molecule has 15 heavy (non-hydrogen) atoms. The molecule has 0 atom stereocenters. The zero-order valence-electron chi connectivity index (χ0n) is 9.45. The van der Waals surface area contributed by atoms with Crippen molar-refractivity contribution in [2.24, 2.45) is 12.8 Å². The maximum atomic E-state index is 11.7. The van der Waals surface area contributed by atoms with Crippen molar-refractivity contribution in [2.45, 2.75) is 25.8 Å². The van der Waals surface area contributed by atoms with Crippen molar-refractivity contribution >= 4 is 5.91 Å². The summed E-state index contributed by atoms with van der Waals surface area (Å²) < 4.78 is 1.60. The third kappa shape index (κ3) is 3.36. The van der Waals surface area contributed by atoms with Crippen LogP contribution in [-0.4, -0.2) is 27.8 Å². The van der Waals surface area contributed by atoms with Gasteiger partial charge in [-0.05, 0) is 26.8 Å². The van der Waals surface area contributed by atoms with Gasteiger partial charge in [-0.15, -0.1) is 0 Å². The van der Waals surface area contributed by atoms with Gasteiger partial charge in [-0.2, -0.15) is 5.10 Å². The molecule has 0 fully saturated rings. The van der Waals surface area contributed by atoms with Gasteiger partial charge >= 0.3 is 0 Å². The number of rotatable bonds is 4. The molecule has 0 spiro atoms. The van der Waals surface area contributed by atoms with Crippen LogP contribution in [0.2, 0.25) is 0 Å². The van der Waals surface area contributed by atoms with Crippen LogP contribution in [0.25, 0.3) is 0 Å². The number of hydrogen-bond donors (Lipinski definition) is 2. The summed E-state index contributed by atoms with van der Waals surface area (Å²) >= 11 is 0. The molecule has 1 rings (SSSR count). The van der Waals surface area contributed by atoms with Crippen molar-refractivity contribution in [2.75, 3.05) is 6.54 Å². The fraction of sp³-hybridized carbons (Fsp3) is 0.600. The predicted molar refractivity (Wildman–Crippen MR) is 58.4 cm³/mol. The van der Waals surface area contributed by atoms with Crippen molar-refractivity contribution in [3.63, 3.8) is 0 Å². The van der Waals surface area contributed by atoms with Gasteiger partial charge < -0.3 is 11.1 Å². The Morgan fingerprint density at radius 1 is 1.67 bits per heavy atom. The fourth-order valence-electron chi connectivity index (χ4n) is 1.34. The maximum Gasteiger partial charge on any atom is 0.254 e. The zero-order chi connectivity index (χ0) is 11.5. The molecule has 1 aromatic rings. The Morgan fingerprint density at radius 3 is 2.80 bits per heavy atom. The highest BCUT2D eigenvalue weighted by Crippen LogP contribution is 2.08. The summed E-state index contributed by atoms with van der Waals surface area (Å²) in [6.45, 7) is 4.46. The third-order valence-electron chi connectivity index (χ3n) is 2.19. The number of carbonyl (C=O) groups excluding carboxylic acids is 1. The first kappa shape index (κ1) is 11.7. The van der Waals surface area contributed by atoms with Crippen LogP contribution in [0, 0.1) is 0 Å². The van der Waals surface area contributed by atoms with Crippen LogP contribution in [0.5, 0.6) is 0 Å². The van der Waals surface area contributed by atoms with E-state index < -0.39 is 0 Å². The molecule has 0 aromatic carbocycles. The van der Waals surface area contributed by atoms with E-state index in [1.165, 1.54) is 0 Å². The normalized spacial score (nSPS) is 11.5. The summed E-state index contributed by atoms with van der Waals surface area (Å²) in [6, 6.07) is 0. The Kier molecular flexibility index (Phi) is 3.47. The van der Waals surface area contributed by atoms with Gasteiger partial charge in [0.25, 0.3) is 5.91 Å². The van der Waals surface area contributed by atoms with E-state index >= 15 is 0 Å². The highest BCUT2D eigenvalue weighted by Gasteiger charge is 2.20. The van der Waals surface area contributed by atoms with Crippen molar-refractivity contribution in [3.05, 3.63) is 18.0 Å². The second-order valence-electron chi connectivity index (χ2n) is 4.28. The van der Waals surface area contributed by atoms with Crippen LogP contribution in [0.1, 0.15) is 30.6 Å². The standard InChI is InChI=1S/C10H18N4O/c1-10(2,4-5-11)13-9(15)8-6-12-14(3)7-8/h6-7H,4-5,11H2,1-3H3,(H,13,15). The van der Waals surface area contributed by atoms with E-state index in [2.05, 4.69) is 10.4 Å². The molecule has 5 heteroatoms. The highest BCUT2D eigenvalue weighted by atomic mass is 16.1. The van der Waals surface area contributed by atoms with Crippen LogP contribution in [0.3, 0.4) is 0 Å². The van der Waals surface area contributed by atoms with Gasteiger partial charge in [0, 0.05) is 18.8 Å². The molecule has 0 radical (unpaired) electrons. The molecule has 0 saturated heterocycles. The Bertz CT molecular complexity index is 343. The van der Waals surface area contributed by atoms with E-state index in [9.17, 15) is 4.79 Å². The number of aryl methyl sites for hydroxylation is 1. The van der Waals surface area contributed by atoms with Gasteiger partial charge in [0.15, 0.2) is 0 Å². The molecule has 0 aliphatic carbocycles. The molecule has 0 unspecified atom stereocenters. The largest absolute Gasteiger partial charge is 0.347 e. The van der Waals surface area contributed by atoms with E-state index in [-0.39, 0.29) is 11.4 Å². The van der Waals surface area contributed by atoms with Gasteiger partial charge in [-0.3, -0.25) is 9.48 Å². The Labute approximate surface area is 89.6 Å². The summed E-state index contributed by atoms with van der Waals surface area (Å²) in [6.07, 6.45) is 3.99. The van der Waals surface area contributed by atoms with Crippen molar-refractivity contribution in [3.8, 4) is 0 Å². The number of nitrogens with zero attached hydrogens (tertiary/aromatic N) is 2. The molecule has 1 amide bonds. The molecule has 0 aliphatic heterocycles. The molecular formula is C10H18N4O. The second-order valence-corrected chi connectivity index (χ2v) is 4.28. The fourth-order valence-corrected chi connectivity index (χ4v) is 1.34. The van der Waals surface area contributed by atoms with E-state index in [0.717, 1.165) is 6.42 Å². The topological polar surface area (TPSA) is 72.9 Å². The Balaban J connectivity index is 2.63. The lowest BCUT2D eigenvalue weighted by Crippen LogP contribution is -2.44. The Morgan fingerprint density at radius 2 is 2.33 bits per heavy atom. The summed E-state index contributed by atoms with van der Waals surface area (Å²) in [5.74, 6) is -0.110. The molecule has 3 N–H and O–H groups in total. The summed E-state index contributed by atoms with van der Waals surface area (Å²) in [4.78, 5) is 11.7. The SMILES string of the molecule is Cn1cc(C(=O)NC(C)(C)CCN)cn1. The Hall–Kier alpha value is -1.36. The van der Waals surface area contributed by atoms with Crippen LogP contribution in [-0.2, 0) is 7.05 Å². The van der Waals surface area contributed by atoms with Gasteiger partial charge in [0.2, 0.25) is 0 Å². The summed E-state index contributed by atoms with van der Waals surface area (Å²) in [5, 5.41) is 6.86. The van der Waals surface area contributed by atoms with Gasteiger partial charge in [0.1, 0.15) is 0 Å². The van der Waals surface area contributed by atoms with Crippen LogP contribution in [0.4, 0.5) is 0 Å². The first-order valence-corrected chi connectivity index (χ1v) is 4.96. The lowest BCUT2D eigenvalue weighted by atomic mass is 10.0. The number of carbonyl (C=O) groups is 1. The minimum absolute atomic E-state index is 0.110. The lowest BCUT2D eigenvalue weighted by Gasteiger charge is -2.25. The van der Waals surface area contributed by atoms with Crippen molar-refractivity contribution < 1.29 is 4.79 Å². The molecule has 0 aliphatic rings. The highest BCUT2D eigenvalue weighted by molar-refractivity contribution is 5.94. The average Bonchev–Trinajstić information content (AvgIpc) is 2.50. The predicted octanol–water partition coefficient (Wildman–Crippen LogP) is 0.277. The smallest absolute Gasteiger partial charge is 0.254 e. The third-order valence-corrected chi connectivity index (χ3v) is 2.19. The zero-order valence-corrected chi connectivity index (χ0v) is 9.45. The minimum Gasteiger partial charge on any atom is -0.347 e. The van der Waals surface area contributed by atoms with Crippen LogP contribution < -0.4 is 11.1 Å². The monoisotopic (exact) mass is 210 g/mol. The van der Waals surface area contributed by atoms with Crippen molar-refractivity contribution in [1.29, 1.82) is 0 Å². The summed E-state index contributed by atoms with van der Waals surface area (Å²) in [5.41, 5.74) is 5.76. The maximum absolute atomic E-state index is 11.7. The number of nitrogens with two attached hydrogens (primary N) is 1. The van der Waals surface area contributed by atoms with Gasteiger partial charge in [0.05, 0.1) is 11.8 Å².